The summed E-state index contributed by atoms with van der Waals surface area (Å²) in [5.74, 6) is 0.884. The van der Waals surface area contributed by atoms with Gasteiger partial charge in [-0.05, 0) is 44.1 Å². The van der Waals surface area contributed by atoms with Crippen LogP contribution in [0.1, 0.15) is 58.8 Å². The van der Waals surface area contributed by atoms with Crippen molar-refractivity contribution in [2.75, 3.05) is 39.9 Å². The first kappa shape index (κ1) is 17.2. The molecule has 0 aliphatic heterocycles. The highest BCUT2D eigenvalue weighted by Crippen LogP contribution is 2.36. The summed E-state index contributed by atoms with van der Waals surface area (Å²) in [6, 6.07) is 0.594. The highest BCUT2D eigenvalue weighted by Gasteiger charge is 2.33. The normalized spacial score (nSPS) is 22.1. The van der Waals surface area contributed by atoms with E-state index in [0.29, 0.717) is 11.5 Å². The Kier molecular flexibility index (Phi) is 6.97. The van der Waals surface area contributed by atoms with Crippen LogP contribution in [0.4, 0.5) is 0 Å². The Bertz CT molecular complexity index is 283. The van der Waals surface area contributed by atoms with Crippen molar-refractivity contribution in [1.82, 2.24) is 10.2 Å². The molecule has 0 atom stereocenters. The predicted octanol–water partition coefficient (Wildman–Crippen LogP) is 3.29. The summed E-state index contributed by atoms with van der Waals surface area (Å²) in [7, 11) is 2.27. The first-order valence-electron chi connectivity index (χ1n) is 9.09. The Labute approximate surface area is 131 Å². The van der Waals surface area contributed by atoms with Crippen LogP contribution < -0.4 is 5.32 Å². The summed E-state index contributed by atoms with van der Waals surface area (Å²) in [5, 5.41) is 3.69. The van der Waals surface area contributed by atoms with E-state index >= 15 is 0 Å². The lowest BCUT2D eigenvalue weighted by Gasteiger charge is -2.41. The summed E-state index contributed by atoms with van der Waals surface area (Å²) < 4.78 is 5.79. The second-order valence-corrected chi connectivity index (χ2v) is 7.85. The van der Waals surface area contributed by atoms with E-state index in [4.69, 9.17) is 4.74 Å². The molecule has 1 N–H and O–H groups in total. The summed E-state index contributed by atoms with van der Waals surface area (Å²) >= 11 is 0. The van der Waals surface area contributed by atoms with Gasteiger partial charge in [-0.2, -0.15) is 0 Å². The summed E-state index contributed by atoms with van der Waals surface area (Å²) in [6.45, 7) is 9.89. The molecule has 0 bridgehead atoms. The van der Waals surface area contributed by atoms with Crippen molar-refractivity contribution in [2.24, 2.45) is 11.3 Å². The third-order valence-corrected chi connectivity index (χ3v) is 5.07. The first-order chi connectivity index (χ1) is 10.1. The molecule has 21 heavy (non-hydrogen) atoms. The van der Waals surface area contributed by atoms with Crippen LogP contribution in [0.5, 0.6) is 0 Å². The van der Waals surface area contributed by atoms with Gasteiger partial charge in [0.15, 0.2) is 0 Å². The number of nitrogens with zero attached hydrogens (tertiary/aromatic N) is 1. The average Bonchev–Trinajstić information content (AvgIpc) is 3.27. The third-order valence-electron chi connectivity index (χ3n) is 5.07. The number of rotatable bonds is 10. The van der Waals surface area contributed by atoms with Gasteiger partial charge in [0.2, 0.25) is 0 Å². The maximum atomic E-state index is 5.79. The van der Waals surface area contributed by atoms with E-state index in [-0.39, 0.29) is 0 Å². The molecule has 2 fully saturated rings. The molecule has 3 nitrogen and oxygen atoms in total. The molecule has 2 saturated carbocycles. The summed E-state index contributed by atoms with van der Waals surface area (Å²) in [5.41, 5.74) is 0.494. The number of ether oxygens (including phenoxy) is 1. The Balaban J connectivity index is 1.70. The fraction of sp³-hybridized carbons (Fsp3) is 1.00. The molecule has 0 radical (unpaired) electrons. The lowest BCUT2D eigenvalue weighted by molar-refractivity contribution is 0.0718. The second-order valence-electron chi connectivity index (χ2n) is 7.85. The number of hydrogen-bond donors (Lipinski definition) is 1. The average molecular weight is 296 g/mol. The van der Waals surface area contributed by atoms with Crippen molar-refractivity contribution < 1.29 is 4.74 Å². The molecule has 0 saturated heterocycles. The van der Waals surface area contributed by atoms with Gasteiger partial charge < -0.3 is 15.0 Å². The monoisotopic (exact) mass is 296 g/mol. The molecule has 0 heterocycles. The van der Waals surface area contributed by atoms with E-state index in [2.05, 4.69) is 31.1 Å². The summed E-state index contributed by atoms with van der Waals surface area (Å²) in [4.78, 5) is 2.50. The zero-order valence-electron chi connectivity index (χ0n) is 14.5. The van der Waals surface area contributed by atoms with Crippen molar-refractivity contribution in [1.29, 1.82) is 0 Å². The van der Waals surface area contributed by atoms with Crippen LogP contribution in [-0.4, -0.2) is 50.8 Å². The minimum atomic E-state index is 0.494. The molecule has 3 heteroatoms. The van der Waals surface area contributed by atoms with Crippen LogP contribution in [0.3, 0.4) is 0 Å². The van der Waals surface area contributed by atoms with Gasteiger partial charge in [-0.3, -0.25) is 0 Å². The van der Waals surface area contributed by atoms with Crippen LogP contribution in [-0.2, 0) is 4.74 Å². The van der Waals surface area contributed by atoms with Gasteiger partial charge in [0.25, 0.3) is 0 Å². The fourth-order valence-electron chi connectivity index (χ4n) is 3.52. The van der Waals surface area contributed by atoms with Gasteiger partial charge >= 0.3 is 0 Å². The van der Waals surface area contributed by atoms with Gasteiger partial charge in [-0.1, -0.05) is 33.1 Å². The van der Waals surface area contributed by atoms with E-state index in [1.165, 1.54) is 58.0 Å². The standard InChI is InChI=1S/C18H36N2O/c1-16(2)19-14-18(9-5-4-6-10-18)15-20(3)11-12-21-13-17-7-8-17/h16-17,19H,4-15H2,1-3H3. The van der Waals surface area contributed by atoms with Crippen LogP contribution in [0.2, 0.25) is 0 Å². The van der Waals surface area contributed by atoms with Crippen molar-refractivity contribution >= 4 is 0 Å². The highest BCUT2D eigenvalue weighted by atomic mass is 16.5. The molecule has 2 rings (SSSR count). The van der Waals surface area contributed by atoms with Crippen LogP contribution >= 0.6 is 0 Å². The summed E-state index contributed by atoms with van der Waals surface area (Å²) in [6.07, 6.45) is 9.80. The fourth-order valence-corrected chi connectivity index (χ4v) is 3.52. The lowest BCUT2D eigenvalue weighted by Crippen LogP contribution is -2.46. The quantitative estimate of drug-likeness (QED) is 0.626. The van der Waals surface area contributed by atoms with Crippen LogP contribution in [0.25, 0.3) is 0 Å². The number of nitrogens with one attached hydrogen (secondary N) is 1. The minimum Gasteiger partial charge on any atom is -0.380 e. The topological polar surface area (TPSA) is 24.5 Å². The van der Waals surface area contributed by atoms with Crippen LogP contribution in [0.15, 0.2) is 0 Å². The van der Waals surface area contributed by atoms with Gasteiger partial charge in [-0.15, -0.1) is 0 Å². The van der Waals surface area contributed by atoms with Crippen molar-refractivity contribution in [3.63, 3.8) is 0 Å². The van der Waals surface area contributed by atoms with Crippen molar-refractivity contribution in [3.05, 3.63) is 0 Å². The second kappa shape index (κ2) is 8.50. The smallest absolute Gasteiger partial charge is 0.0593 e. The molecular weight excluding hydrogens is 260 g/mol. The minimum absolute atomic E-state index is 0.494. The van der Waals surface area contributed by atoms with Crippen molar-refractivity contribution in [3.8, 4) is 0 Å². The molecule has 0 unspecified atom stereocenters. The maximum absolute atomic E-state index is 5.79. The predicted molar refractivity (Wildman–Crippen MR) is 89.7 cm³/mol. The third kappa shape index (κ3) is 6.66. The molecule has 0 spiro atoms. The molecule has 0 aromatic heterocycles. The number of hydrogen-bond acceptors (Lipinski definition) is 3. The highest BCUT2D eigenvalue weighted by molar-refractivity contribution is 4.87. The van der Waals surface area contributed by atoms with Crippen LogP contribution in [0, 0.1) is 11.3 Å². The molecule has 0 amide bonds. The Hall–Kier alpha value is -0.120. The molecule has 2 aliphatic rings. The van der Waals surface area contributed by atoms with E-state index in [1.807, 2.05) is 0 Å². The Morgan fingerprint density at radius 1 is 1.19 bits per heavy atom. The molecule has 0 aromatic rings. The van der Waals surface area contributed by atoms with E-state index in [1.54, 1.807) is 0 Å². The first-order valence-corrected chi connectivity index (χ1v) is 9.09. The molecular formula is C18H36N2O. The van der Waals surface area contributed by atoms with E-state index in [0.717, 1.165) is 25.7 Å². The molecule has 0 aromatic carbocycles. The van der Waals surface area contributed by atoms with E-state index < -0.39 is 0 Å². The Morgan fingerprint density at radius 2 is 1.90 bits per heavy atom. The zero-order valence-corrected chi connectivity index (χ0v) is 14.5. The lowest BCUT2D eigenvalue weighted by atomic mass is 9.73. The Morgan fingerprint density at radius 3 is 2.52 bits per heavy atom. The van der Waals surface area contributed by atoms with Gasteiger partial charge in [0, 0.05) is 32.3 Å². The maximum Gasteiger partial charge on any atom is 0.0593 e. The van der Waals surface area contributed by atoms with Crippen molar-refractivity contribution in [2.45, 2.75) is 64.8 Å². The SMILES string of the molecule is CC(C)NCC1(CN(C)CCOCC2CC2)CCCCC1. The molecule has 124 valence electrons. The van der Waals surface area contributed by atoms with Gasteiger partial charge in [0.05, 0.1) is 6.61 Å². The molecule has 2 aliphatic carbocycles. The van der Waals surface area contributed by atoms with Gasteiger partial charge in [-0.25, -0.2) is 0 Å². The largest absolute Gasteiger partial charge is 0.380 e. The van der Waals surface area contributed by atoms with Gasteiger partial charge in [0.1, 0.15) is 0 Å². The number of likely N-dealkylation sites (N-methyl/N-ethyl adjacent to an activating group) is 1. The van der Waals surface area contributed by atoms with E-state index in [9.17, 15) is 0 Å². The zero-order chi connectivity index (χ0) is 15.1.